The molecule has 27 heavy (non-hydrogen) atoms. The maximum Gasteiger partial charge on any atom is 0.285 e. The van der Waals surface area contributed by atoms with E-state index in [0.29, 0.717) is 23.9 Å². The summed E-state index contributed by atoms with van der Waals surface area (Å²) in [4.78, 5) is 14.3. The summed E-state index contributed by atoms with van der Waals surface area (Å²) in [6.07, 6.45) is 0. The second-order valence-corrected chi connectivity index (χ2v) is 6.85. The number of nitrogens with zero attached hydrogens (tertiary/aromatic N) is 3. The summed E-state index contributed by atoms with van der Waals surface area (Å²) >= 11 is 3.46. The Morgan fingerprint density at radius 1 is 1.19 bits per heavy atom. The third kappa shape index (κ3) is 5.22. The Labute approximate surface area is 173 Å². The molecule has 3 rings (SSSR count). The van der Waals surface area contributed by atoms with Crippen molar-refractivity contribution in [3.05, 3.63) is 58.6 Å². The van der Waals surface area contributed by atoms with Crippen LogP contribution in [0.15, 0.2) is 58.1 Å². The van der Waals surface area contributed by atoms with Gasteiger partial charge < -0.3 is 14.4 Å². The molecule has 1 aliphatic heterocycles. The van der Waals surface area contributed by atoms with Crippen molar-refractivity contribution in [3.63, 3.8) is 0 Å². The second kappa shape index (κ2) is 9.73. The molecular formula is C19H21BrClN3O3. The Morgan fingerprint density at radius 3 is 2.63 bits per heavy atom. The van der Waals surface area contributed by atoms with Crippen molar-refractivity contribution in [2.45, 2.75) is 0 Å². The van der Waals surface area contributed by atoms with E-state index >= 15 is 0 Å². The van der Waals surface area contributed by atoms with Crippen molar-refractivity contribution in [1.29, 1.82) is 0 Å². The molecular weight excluding hydrogens is 434 g/mol. The molecule has 0 aromatic heterocycles. The van der Waals surface area contributed by atoms with E-state index in [4.69, 9.17) is 9.47 Å². The minimum Gasteiger partial charge on any atom is -0.491 e. The maximum absolute atomic E-state index is 12.3. The van der Waals surface area contributed by atoms with Gasteiger partial charge in [-0.1, -0.05) is 24.3 Å². The third-order valence-electron chi connectivity index (χ3n) is 3.75. The van der Waals surface area contributed by atoms with Gasteiger partial charge >= 0.3 is 0 Å². The normalized spacial score (nSPS) is 13.7. The molecule has 1 amide bonds. The average molecular weight is 455 g/mol. The van der Waals surface area contributed by atoms with Gasteiger partial charge in [0.15, 0.2) is 6.61 Å². The molecule has 8 heteroatoms. The zero-order chi connectivity index (χ0) is 18.5. The number of hydrogen-bond acceptors (Lipinski definition) is 5. The molecule has 0 bridgehead atoms. The van der Waals surface area contributed by atoms with Crippen LogP contribution in [0, 0.1) is 0 Å². The van der Waals surface area contributed by atoms with Crippen molar-refractivity contribution >= 4 is 45.8 Å². The number of amides is 1. The molecule has 144 valence electrons. The zero-order valence-corrected chi connectivity index (χ0v) is 17.5. The van der Waals surface area contributed by atoms with E-state index in [1.807, 2.05) is 67.5 Å². The fourth-order valence-corrected chi connectivity index (χ4v) is 2.87. The van der Waals surface area contributed by atoms with Gasteiger partial charge in [-0.3, -0.25) is 4.79 Å². The van der Waals surface area contributed by atoms with Crippen LogP contribution in [0.2, 0.25) is 0 Å². The highest BCUT2D eigenvalue weighted by Crippen LogP contribution is 2.29. The van der Waals surface area contributed by atoms with Gasteiger partial charge in [0, 0.05) is 11.0 Å². The third-order valence-corrected chi connectivity index (χ3v) is 4.42. The molecule has 0 unspecified atom stereocenters. The van der Waals surface area contributed by atoms with E-state index < -0.39 is 0 Å². The first kappa shape index (κ1) is 21.2. The van der Waals surface area contributed by atoms with Gasteiger partial charge in [-0.15, -0.1) is 17.5 Å². The summed E-state index contributed by atoms with van der Waals surface area (Å²) < 4.78 is 12.3. The van der Waals surface area contributed by atoms with Crippen LogP contribution in [-0.2, 0) is 9.53 Å². The van der Waals surface area contributed by atoms with Gasteiger partial charge in [0.1, 0.15) is 12.4 Å². The van der Waals surface area contributed by atoms with Gasteiger partial charge in [0.25, 0.3) is 5.91 Å². The molecule has 6 nitrogen and oxygen atoms in total. The fourth-order valence-electron chi connectivity index (χ4n) is 2.42. The lowest BCUT2D eigenvalue weighted by molar-refractivity contribution is -0.121. The van der Waals surface area contributed by atoms with Crippen molar-refractivity contribution in [2.75, 3.05) is 38.9 Å². The smallest absolute Gasteiger partial charge is 0.285 e. The quantitative estimate of drug-likeness (QED) is 0.670. The standard InChI is InChI=1S/C19H20BrN3O3.ClH/c1-22(2)11-12-25-17-10-6-3-7-14(17)19-21-23(18(24)13-26-19)16-9-5-4-8-15(16)20;/h3-10H,11-13H2,1-2H3;1H. The Balaban J connectivity index is 0.00000261. The van der Waals surface area contributed by atoms with Gasteiger partial charge in [-0.25, -0.2) is 0 Å². The molecule has 0 saturated carbocycles. The lowest BCUT2D eigenvalue weighted by Crippen LogP contribution is -2.37. The first-order valence-electron chi connectivity index (χ1n) is 8.22. The molecule has 0 saturated heterocycles. The topological polar surface area (TPSA) is 54.4 Å². The molecule has 0 radical (unpaired) electrons. The van der Waals surface area contributed by atoms with Crippen LogP contribution < -0.4 is 9.75 Å². The van der Waals surface area contributed by atoms with Crippen molar-refractivity contribution in [3.8, 4) is 5.75 Å². The summed E-state index contributed by atoms with van der Waals surface area (Å²) in [5.41, 5.74) is 1.39. The van der Waals surface area contributed by atoms with Gasteiger partial charge in [0.05, 0.1) is 11.3 Å². The van der Waals surface area contributed by atoms with Crippen molar-refractivity contribution < 1.29 is 14.3 Å². The number of carbonyl (C=O) groups is 1. The summed E-state index contributed by atoms with van der Waals surface area (Å²) in [6, 6.07) is 15.0. The molecule has 0 fully saturated rings. The minimum absolute atomic E-state index is 0. The first-order valence-corrected chi connectivity index (χ1v) is 9.01. The number of halogens is 2. The molecule has 0 N–H and O–H groups in total. The zero-order valence-electron chi connectivity index (χ0n) is 15.1. The highest BCUT2D eigenvalue weighted by molar-refractivity contribution is 9.10. The van der Waals surface area contributed by atoms with E-state index in [0.717, 1.165) is 16.6 Å². The Kier molecular flexibility index (Phi) is 7.65. The summed E-state index contributed by atoms with van der Waals surface area (Å²) in [5, 5.41) is 5.79. The van der Waals surface area contributed by atoms with Crippen LogP contribution in [0.25, 0.3) is 0 Å². The van der Waals surface area contributed by atoms with Crippen LogP contribution in [0.1, 0.15) is 5.56 Å². The number of anilines is 1. The molecule has 2 aromatic carbocycles. The minimum atomic E-state index is -0.230. The number of hydrazone groups is 1. The number of likely N-dealkylation sites (N-methyl/N-ethyl adjacent to an activating group) is 1. The van der Waals surface area contributed by atoms with Gasteiger partial charge in [-0.2, -0.15) is 5.01 Å². The molecule has 0 aliphatic carbocycles. The van der Waals surface area contributed by atoms with Crippen LogP contribution in [-0.4, -0.2) is 50.6 Å². The van der Waals surface area contributed by atoms with Crippen molar-refractivity contribution in [1.82, 2.24) is 4.90 Å². The molecule has 0 atom stereocenters. The predicted molar refractivity (Wildman–Crippen MR) is 112 cm³/mol. The monoisotopic (exact) mass is 453 g/mol. The molecule has 0 spiro atoms. The second-order valence-electron chi connectivity index (χ2n) is 6.00. The molecule has 1 aliphatic rings. The fraction of sp³-hybridized carbons (Fsp3) is 0.263. The number of para-hydroxylation sites is 2. The number of ether oxygens (including phenoxy) is 2. The van der Waals surface area contributed by atoms with Crippen molar-refractivity contribution in [2.24, 2.45) is 5.10 Å². The van der Waals surface area contributed by atoms with E-state index in [2.05, 4.69) is 21.0 Å². The highest BCUT2D eigenvalue weighted by Gasteiger charge is 2.26. The van der Waals surface area contributed by atoms with Gasteiger partial charge in [0.2, 0.25) is 5.90 Å². The Hall–Kier alpha value is -2.09. The van der Waals surface area contributed by atoms with Crippen LogP contribution in [0.4, 0.5) is 5.69 Å². The van der Waals surface area contributed by atoms with Crippen LogP contribution in [0.3, 0.4) is 0 Å². The summed E-state index contributed by atoms with van der Waals surface area (Å²) in [7, 11) is 3.98. The Morgan fingerprint density at radius 2 is 1.89 bits per heavy atom. The Bertz CT molecular complexity index is 829. The number of carbonyl (C=O) groups excluding carboxylic acids is 1. The van der Waals surface area contributed by atoms with E-state index in [1.165, 1.54) is 5.01 Å². The highest BCUT2D eigenvalue weighted by atomic mass is 79.9. The average Bonchev–Trinajstić information content (AvgIpc) is 2.63. The summed E-state index contributed by atoms with van der Waals surface area (Å²) in [6.45, 7) is 1.26. The molecule has 1 heterocycles. The number of hydrogen-bond donors (Lipinski definition) is 0. The number of benzene rings is 2. The lowest BCUT2D eigenvalue weighted by atomic mass is 10.2. The first-order chi connectivity index (χ1) is 12.6. The van der Waals surface area contributed by atoms with E-state index in [-0.39, 0.29) is 24.9 Å². The van der Waals surface area contributed by atoms with Crippen LogP contribution in [0.5, 0.6) is 5.75 Å². The lowest BCUT2D eigenvalue weighted by Gasteiger charge is -2.25. The largest absolute Gasteiger partial charge is 0.491 e. The van der Waals surface area contributed by atoms with E-state index in [9.17, 15) is 4.79 Å². The SMILES string of the molecule is CN(C)CCOc1ccccc1C1=NN(c2ccccc2Br)C(=O)CO1.Cl. The predicted octanol–water partition coefficient (Wildman–Crippen LogP) is 3.54. The van der Waals surface area contributed by atoms with Crippen LogP contribution >= 0.6 is 28.3 Å². The number of rotatable bonds is 6. The van der Waals surface area contributed by atoms with Gasteiger partial charge in [-0.05, 0) is 54.3 Å². The molecule has 2 aromatic rings. The van der Waals surface area contributed by atoms with E-state index in [1.54, 1.807) is 0 Å². The maximum atomic E-state index is 12.3. The summed E-state index contributed by atoms with van der Waals surface area (Å²) in [5.74, 6) is 0.807.